The summed E-state index contributed by atoms with van der Waals surface area (Å²) in [4.78, 5) is 0. The monoisotopic (exact) mass is 310 g/mol. The topological polar surface area (TPSA) is 58.2 Å². The Morgan fingerprint density at radius 1 is 1.10 bits per heavy atom. The Balaban J connectivity index is 1.94. The second-order valence-corrected chi connectivity index (χ2v) is 8.21. The number of nitrogens with one attached hydrogen (secondary N) is 2. The van der Waals surface area contributed by atoms with Crippen molar-refractivity contribution in [2.45, 2.75) is 45.6 Å². The first-order chi connectivity index (χ1) is 9.83. The highest BCUT2D eigenvalue weighted by atomic mass is 32.2. The third-order valence-corrected chi connectivity index (χ3v) is 4.82. The van der Waals surface area contributed by atoms with Crippen molar-refractivity contribution in [1.82, 2.24) is 0 Å². The van der Waals surface area contributed by atoms with E-state index in [9.17, 15) is 8.42 Å². The van der Waals surface area contributed by atoms with Crippen LogP contribution in [0.1, 0.15) is 39.5 Å². The average molecular weight is 310 g/mol. The summed E-state index contributed by atoms with van der Waals surface area (Å²) in [7, 11) is -3.20. The number of hydrogen-bond donors (Lipinski definition) is 2. The van der Waals surface area contributed by atoms with Gasteiger partial charge in [-0.1, -0.05) is 26.7 Å². The van der Waals surface area contributed by atoms with Gasteiger partial charge in [-0.25, -0.2) is 8.42 Å². The molecule has 2 N–H and O–H groups in total. The van der Waals surface area contributed by atoms with Crippen molar-refractivity contribution < 1.29 is 8.42 Å². The highest BCUT2D eigenvalue weighted by Gasteiger charge is 2.23. The van der Waals surface area contributed by atoms with Gasteiger partial charge in [0.1, 0.15) is 0 Å². The zero-order valence-corrected chi connectivity index (χ0v) is 13.9. The first-order valence-electron chi connectivity index (χ1n) is 7.68. The lowest BCUT2D eigenvalue weighted by Gasteiger charge is -2.32. The van der Waals surface area contributed by atoms with Crippen molar-refractivity contribution in [3.05, 3.63) is 24.3 Å². The molecule has 0 radical (unpaired) electrons. The van der Waals surface area contributed by atoms with Gasteiger partial charge < -0.3 is 5.32 Å². The molecule has 0 aliphatic heterocycles. The molecule has 0 aromatic heterocycles. The highest BCUT2D eigenvalue weighted by molar-refractivity contribution is 7.92. The van der Waals surface area contributed by atoms with E-state index in [2.05, 4.69) is 23.9 Å². The molecule has 5 heteroatoms. The molecule has 0 heterocycles. The third-order valence-electron chi connectivity index (χ3n) is 4.22. The number of anilines is 2. The summed E-state index contributed by atoms with van der Waals surface area (Å²) in [6.07, 6.45) is 6.22. The second-order valence-electron chi connectivity index (χ2n) is 6.46. The minimum Gasteiger partial charge on any atom is -0.382 e. The van der Waals surface area contributed by atoms with Crippen molar-refractivity contribution in [1.29, 1.82) is 0 Å². The molecule has 1 saturated carbocycles. The van der Waals surface area contributed by atoms with Crippen LogP contribution in [0.4, 0.5) is 11.4 Å². The van der Waals surface area contributed by atoms with Crippen molar-refractivity contribution >= 4 is 21.4 Å². The Morgan fingerprint density at radius 2 is 1.71 bits per heavy atom. The molecule has 0 bridgehead atoms. The van der Waals surface area contributed by atoms with Gasteiger partial charge in [-0.3, -0.25) is 4.72 Å². The molecule has 2 unspecified atom stereocenters. The largest absolute Gasteiger partial charge is 0.382 e. The predicted octanol–water partition coefficient (Wildman–Crippen LogP) is 3.68. The minimum absolute atomic E-state index is 0.528. The fraction of sp³-hybridized carbons (Fsp3) is 0.625. The third kappa shape index (κ3) is 5.23. The highest BCUT2D eigenvalue weighted by Crippen LogP contribution is 2.31. The lowest BCUT2D eigenvalue weighted by Crippen LogP contribution is -2.29. The molecular weight excluding hydrogens is 284 g/mol. The van der Waals surface area contributed by atoms with Crippen LogP contribution in [-0.2, 0) is 10.0 Å². The van der Waals surface area contributed by atoms with Gasteiger partial charge in [0.15, 0.2) is 0 Å². The van der Waals surface area contributed by atoms with E-state index in [0.717, 1.165) is 23.8 Å². The number of benzene rings is 1. The van der Waals surface area contributed by atoms with Gasteiger partial charge in [0, 0.05) is 17.4 Å². The quantitative estimate of drug-likeness (QED) is 0.872. The Hall–Kier alpha value is -1.23. The van der Waals surface area contributed by atoms with Crippen LogP contribution >= 0.6 is 0 Å². The van der Waals surface area contributed by atoms with E-state index in [-0.39, 0.29) is 0 Å². The average Bonchev–Trinajstić information content (AvgIpc) is 2.40. The van der Waals surface area contributed by atoms with E-state index in [1.807, 2.05) is 12.1 Å². The van der Waals surface area contributed by atoms with Crippen LogP contribution < -0.4 is 10.0 Å². The Morgan fingerprint density at radius 3 is 2.29 bits per heavy atom. The van der Waals surface area contributed by atoms with Gasteiger partial charge in [-0.2, -0.15) is 0 Å². The Kier molecular flexibility index (Phi) is 5.14. The van der Waals surface area contributed by atoms with Crippen LogP contribution in [0.2, 0.25) is 0 Å². The Labute approximate surface area is 128 Å². The van der Waals surface area contributed by atoms with Gasteiger partial charge in [0.2, 0.25) is 10.0 Å². The summed E-state index contributed by atoms with van der Waals surface area (Å²) < 4.78 is 24.8. The van der Waals surface area contributed by atoms with Crippen LogP contribution in [0.5, 0.6) is 0 Å². The molecule has 2 atom stereocenters. The fourth-order valence-corrected chi connectivity index (χ4v) is 3.61. The molecule has 21 heavy (non-hydrogen) atoms. The normalized spacial score (nSPS) is 23.0. The van der Waals surface area contributed by atoms with Crippen molar-refractivity contribution in [2.75, 3.05) is 16.3 Å². The van der Waals surface area contributed by atoms with Crippen molar-refractivity contribution in [3.63, 3.8) is 0 Å². The summed E-state index contributed by atoms with van der Waals surface area (Å²) in [6.45, 7) is 4.61. The molecular formula is C16H26N2O2S. The van der Waals surface area contributed by atoms with Gasteiger partial charge >= 0.3 is 0 Å². The molecule has 4 nitrogen and oxygen atoms in total. The van der Waals surface area contributed by atoms with Gasteiger partial charge in [-0.05, 0) is 48.9 Å². The summed E-state index contributed by atoms with van der Waals surface area (Å²) in [5.41, 5.74) is 1.66. The summed E-state index contributed by atoms with van der Waals surface area (Å²) in [5, 5.41) is 3.58. The maximum Gasteiger partial charge on any atom is 0.229 e. The summed E-state index contributed by atoms with van der Waals surface area (Å²) >= 11 is 0. The molecule has 1 aliphatic carbocycles. The Bertz CT molecular complexity index is 552. The maximum atomic E-state index is 11.2. The number of rotatable bonds is 5. The number of sulfonamides is 1. The summed E-state index contributed by atoms with van der Waals surface area (Å²) in [5.74, 6) is 1.55. The predicted molar refractivity (Wildman–Crippen MR) is 89.1 cm³/mol. The molecule has 2 rings (SSSR count). The first-order valence-corrected chi connectivity index (χ1v) is 9.57. The van der Waals surface area contributed by atoms with Gasteiger partial charge in [0.25, 0.3) is 0 Å². The van der Waals surface area contributed by atoms with Crippen LogP contribution in [-0.4, -0.2) is 20.7 Å². The molecule has 1 fully saturated rings. The first kappa shape index (κ1) is 16.1. The van der Waals surface area contributed by atoms with E-state index in [1.54, 1.807) is 12.1 Å². The molecule has 0 spiro atoms. The smallest absolute Gasteiger partial charge is 0.229 e. The molecule has 0 saturated heterocycles. The molecule has 1 aliphatic rings. The molecule has 1 aromatic carbocycles. The molecule has 0 amide bonds. The fourth-order valence-electron chi connectivity index (χ4n) is 3.05. The van der Waals surface area contributed by atoms with Crippen LogP contribution in [0.15, 0.2) is 24.3 Å². The molecule has 118 valence electrons. The van der Waals surface area contributed by atoms with Gasteiger partial charge in [-0.15, -0.1) is 0 Å². The van der Waals surface area contributed by atoms with Crippen molar-refractivity contribution in [2.24, 2.45) is 11.8 Å². The van der Waals surface area contributed by atoms with Crippen LogP contribution in [0, 0.1) is 11.8 Å². The van der Waals surface area contributed by atoms with Crippen LogP contribution in [0.3, 0.4) is 0 Å². The lowest BCUT2D eigenvalue weighted by molar-refractivity contribution is 0.264. The van der Waals surface area contributed by atoms with E-state index < -0.39 is 10.0 Å². The molecule has 1 aromatic rings. The minimum atomic E-state index is -3.20. The maximum absolute atomic E-state index is 11.2. The zero-order valence-electron chi connectivity index (χ0n) is 13.1. The number of hydrogen-bond acceptors (Lipinski definition) is 3. The second kappa shape index (κ2) is 6.69. The lowest BCUT2D eigenvalue weighted by atomic mass is 9.79. The zero-order chi connectivity index (χ0) is 15.5. The van der Waals surface area contributed by atoms with E-state index in [4.69, 9.17) is 0 Å². The summed E-state index contributed by atoms with van der Waals surface area (Å²) in [6, 6.07) is 8.00. The van der Waals surface area contributed by atoms with Gasteiger partial charge in [0.05, 0.1) is 6.26 Å². The van der Waals surface area contributed by atoms with E-state index in [1.165, 1.54) is 25.7 Å². The SMILES string of the molecule is CC(C)C1CCCC(Nc2ccc(NS(C)(=O)=O)cc2)C1. The van der Waals surface area contributed by atoms with E-state index >= 15 is 0 Å². The standard InChI is InChI=1S/C16H26N2O2S/c1-12(2)13-5-4-6-16(11-13)17-14-7-9-15(10-8-14)18-21(3,19)20/h7-10,12-13,16-18H,4-6,11H2,1-3H3. The van der Waals surface area contributed by atoms with E-state index in [0.29, 0.717) is 11.7 Å². The van der Waals surface area contributed by atoms with Crippen LogP contribution in [0.25, 0.3) is 0 Å². The van der Waals surface area contributed by atoms with Crippen molar-refractivity contribution in [3.8, 4) is 0 Å².